The minimum absolute atomic E-state index is 0.320. The molecule has 2 aromatic carbocycles. The minimum Gasteiger partial charge on any atom is -0.508 e. The molecule has 0 unspecified atom stereocenters. The predicted molar refractivity (Wildman–Crippen MR) is 81.8 cm³/mol. The zero-order valence-corrected chi connectivity index (χ0v) is 11.3. The Kier molecular flexibility index (Phi) is 3.70. The quantitative estimate of drug-likeness (QED) is 0.621. The number of phenolic OH excluding ortho intramolecular Hbond substituents is 1. The second-order valence-corrected chi connectivity index (χ2v) is 4.95. The number of hydrogen-bond donors (Lipinski definition) is 3. The van der Waals surface area contributed by atoms with E-state index < -0.39 is 0 Å². The number of benzene rings is 2. The Bertz CT molecular complexity index is 686. The highest BCUT2D eigenvalue weighted by Gasteiger charge is 2.01. The second-order valence-electron chi connectivity index (χ2n) is 4.95. The monoisotopic (exact) mass is 266 g/mol. The van der Waals surface area contributed by atoms with Gasteiger partial charge in [-0.05, 0) is 42.3 Å². The molecule has 0 spiro atoms. The average Bonchev–Trinajstić information content (AvgIpc) is 2.89. The summed E-state index contributed by atoms with van der Waals surface area (Å²) in [6, 6.07) is 15.7. The predicted octanol–water partition coefficient (Wildman–Crippen LogP) is 3.21. The Balaban J connectivity index is 1.54. The fourth-order valence-corrected chi connectivity index (χ4v) is 2.40. The molecule has 20 heavy (non-hydrogen) atoms. The molecule has 0 radical (unpaired) electrons. The fraction of sp³-hybridized carbons (Fsp3) is 0.176. The van der Waals surface area contributed by atoms with Crippen LogP contribution in [-0.2, 0) is 13.0 Å². The lowest BCUT2D eigenvalue weighted by atomic mass is 10.1. The molecule has 0 bridgehead atoms. The van der Waals surface area contributed by atoms with E-state index in [1.807, 2.05) is 18.2 Å². The van der Waals surface area contributed by atoms with Crippen LogP contribution in [0, 0.1) is 0 Å². The van der Waals surface area contributed by atoms with Crippen LogP contribution in [0.15, 0.2) is 54.7 Å². The van der Waals surface area contributed by atoms with E-state index >= 15 is 0 Å². The number of phenols is 1. The summed E-state index contributed by atoms with van der Waals surface area (Å²) < 4.78 is 0. The van der Waals surface area contributed by atoms with Gasteiger partial charge in [0.25, 0.3) is 0 Å². The Morgan fingerprint density at radius 1 is 1.00 bits per heavy atom. The van der Waals surface area contributed by atoms with Crippen molar-refractivity contribution in [3.63, 3.8) is 0 Å². The van der Waals surface area contributed by atoms with Crippen LogP contribution in [0.4, 0.5) is 0 Å². The molecule has 1 heterocycles. The van der Waals surface area contributed by atoms with Crippen molar-refractivity contribution in [3.05, 3.63) is 65.9 Å². The number of fused-ring (bicyclic) bond motifs is 1. The second kappa shape index (κ2) is 5.80. The smallest absolute Gasteiger partial charge is 0.115 e. The van der Waals surface area contributed by atoms with Crippen molar-refractivity contribution in [2.24, 2.45) is 0 Å². The standard InChI is InChI=1S/C17H18N2O/c20-15-7-5-13(6-8-15)9-10-18-11-14-12-19-17-4-2-1-3-16(14)17/h1-8,12,18-20H,9-11H2. The number of para-hydroxylation sites is 1. The van der Waals surface area contributed by atoms with Gasteiger partial charge in [0.15, 0.2) is 0 Å². The minimum atomic E-state index is 0.320. The molecule has 3 nitrogen and oxygen atoms in total. The molecule has 0 fully saturated rings. The normalized spacial score (nSPS) is 11.0. The highest BCUT2D eigenvalue weighted by atomic mass is 16.3. The Hall–Kier alpha value is -2.26. The van der Waals surface area contributed by atoms with E-state index in [9.17, 15) is 5.11 Å². The molecular weight excluding hydrogens is 248 g/mol. The maximum Gasteiger partial charge on any atom is 0.115 e. The molecule has 0 amide bonds. The van der Waals surface area contributed by atoms with Gasteiger partial charge in [0, 0.05) is 23.6 Å². The van der Waals surface area contributed by atoms with Crippen LogP contribution in [0.25, 0.3) is 10.9 Å². The highest BCUT2D eigenvalue weighted by Crippen LogP contribution is 2.17. The number of aromatic amines is 1. The number of nitrogens with one attached hydrogen (secondary N) is 2. The van der Waals surface area contributed by atoms with Crippen molar-refractivity contribution in [2.75, 3.05) is 6.54 Å². The van der Waals surface area contributed by atoms with Crippen molar-refractivity contribution in [2.45, 2.75) is 13.0 Å². The third-order valence-corrected chi connectivity index (χ3v) is 3.52. The zero-order chi connectivity index (χ0) is 13.8. The zero-order valence-electron chi connectivity index (χ0n) is 11.3. The SMILES string of the molecule is Oc1ccc(CCNCc2c[nH]c3ccccc23)cc1. The molecule has 0 atom stereocenters. The van der Waals surface area contributed by atoms with Crippen molar-refractivity contribution >= 4 is 10.9 Å². The molecule has 3 N–H and O–H groups in total. The maximum atomic E-state index is 9.23. The third-order valence-electron chi connectivity index (χ3n) is 3.52. The van der Waals surface area contributed by atoms with Gasteiger partial charge < -0.3 is 15.4 Å². The largest absolute Gasteiger partial charge is 0.508 e. The van der Waals surface area contributed by atoms with E-state index in [-0.39, 0.29) is 0 Å². The van der Waals surface area contributed by atoms with Crippen LogP contribution in [0.5, 0.6) is 5.75 Å². The van der Waals surface area contributed by atoms with E-state index in [0.29, 0.717) is 5.75 Å². The van der Waals surface area contributed by atoms with Crippen molar-refractivity contribution < 1.29 is 5.11 Å². The van der Waals surface area contributed by atoms with Crippen LogP contribution >= 0.6 is 0 Å². The lowest BCUT2D eigenvalue weighted by Gasteiger charge is -2.04. The molecule has 3 rings (SSSR count). The van der Waals surface area contributed by atoms with Crippen molar-refractivity contribution in [1.82, 2.24) is 10.3 Å². The van der Waals surface area contributed by atoms with Gasteiger partial charge in [-0.15, -0.1) is 0 Å². The first-order chi connectivity index (χ1) is 9.83. The number of aromatic hydroxyl groups is 1. The van der Waals surface area contributed by atoms with E-state index in [1.54, 1.807) is 12.1 Å². The van der Waals surface area contributed by atoms with Gasteiger partial charge in [-0.25, -0.2) is 0 Å². The Morgan fingerprint density at radius 3 is 2.65 bits per heavy atom. The molecule has 1 aromatic heterocycles. The lowest BCUT2D eigenvalue weighted by Crippen LogP contribution is -2.16. The first-order valence-electron chi connectivity index (χ1n) is 6.86. The van der Waals surface area contributed by atoms with E-state index in [0.717, 1.165) is 19.5 Å². The van der Waals surface area contributed by atoms with Gasteiger partial charge in [-0.3, -0.25) is 0 Å². The molecule has 102 valence electrons. The summed E-state index contributed by atoms with van der Waals surface area (Å²) in [4.78, 5) is 3.29. The molecule has 0 aliphatic heterocycles. The van der Waals surface area contributed by atoms with Crippen LogP contribution < -0.4 is 5.32 Å². The van der Waals surface area contributed by atoms with Crippen LogP contribution in [0.2, 0.25) is 0 Å². The van der Waals surface area contributed by atoms with Crippen molar-refractivity contribution in [3.8, 4) is 5.75 Å². The third kappa shape index (κ3) is 2.83. The van der Waals surface area contributed by atoms with Crippen LogP contribution in [0.1, 0.15) is 11.1 Å². The Morgan fingerprint density at radius 2 is 1.80 bits per heavy atom. The molecule has 0 aliphatic carbocycles. The number of rotatable bonds is 5. The van der Waals surface area contributed by atoms with Gasteiger partial charge in [0.05, 0.1) is 0 Å². The van der Waals surface area contributed by atoms with Gasteiger partial charge in [0.2, 0.25) is 0 Å². The molecule has 3 heteroatoms. The summed E-state index contributed by atoms with van der Waals surface area (Å²) in [6.45, 7) is 1.78. The van der Waals surface area contributed by atoms with E-state index in [2.05, 4.69) is 34.7 Å². The first-order valence-corrected chi connectivity index (χ1v) is 6.86. The van der Waals surface area contributed by atoms with Crippen LogP contribution in [0.3, 0.4) is 0 Å². The summed E-state index contributed by atoms with van der Waals surface area (Å²) in [7, 11) is 0. The summed E-state index contributed by atoms with van der Waals surface area (Å²) in [5.41, 5.74) is 3.71. The number of H-pyrrole nitrogens is 1. The first kappa shape index (κ1) is 12.8. The summed E-state index contributed by atoms with van der Waals surface area (Å²) in [5.74, 6) is 0.320. The molecule has 0 aliphatic rings. The molecular formula is C17H18N2O. The topological polar surface area (TPSA) is 48.0 Å². The summed E-state index contributed by atoms with van der Waals surface area (Å²) in [6.07, 6.45) is 3.03. The van der Waals surface area contributed by atoms with Gasteiger partial charge in [-0.2, -0.15) is 0 Å². The summed E-state index contributed by atoms with van der Waals surface area (Å²) >= 11 is 0. The number of hydrogen-bond acceptors (Lipinski definition) is 2. The average molecular weight is 266 g/mol. The lowest BCUT2D eigenvalue weighted by molar-refractivity contribution is 0.475. The van der Waals surface area contributed by atoms with Gasteiger partial charge >= 0.3 is 0 Å². The van der Waals surface area contributed by atoms with Gasteiger partial charge in [-0.1, -0.05) is 30.3 Å². The summed E-state index contributed by atoms with van der Waals surface area (Å²) in [5, 5.41) is 14.0. The van der Waals surface area contributed by atoms with E-state index in [4.69, 9.17) is 0 Å². The van der Waals surface area contributed by atoms with Gasteiger partial charge in [0.1, 0.15) is 5.75 Å². The molecule has 0 saturated carbocycles. The van der Waals surface area contributed by atoms with Crippen LogP contribution in [-0.4, -0.2) is 16.6 Å². The number of aromatic nitrogens is 1. The Labute approximate surface area is 118 Å². The highest BCUT2D eigenvalue weighted by molar-refractivity contribution is 5.82. The molecule has 3 aromatic rings. The van der Waals surface area contributed by atoms with Crippen molar-refractivity contribution in [1.29, 1.82) is 0 Å². The maximum absolute atomic E-state index is 9.23. The fourth-order valence-electron chi connectivity index (χ4n) is 2.40. The van der Waals surface area contributed by atoms with E-state index in [1.165, 1.54) is 22.0 Å². The molecule has 0 saturated heterocycles.